The monoisotopic (exact) mass is 194 g/mol. The Bertz CT molecular complexity index is 337. The fourth-order valence-corrected chi connectivity index (χ4v) is 1.14. The number of benzene rings is 1. The van der Waals surface area contributed by atoms with Gasteiger partial charge in [0.25, 0.3) is 0 Å². The minimum absolute atomic E-state index is 0.194. The smallest absolute Gasteiger partial charge is 0.310 e. The molecule has 0 saturated heterocycles. The molecule has 0 atom stereocenters. The third kappa shape index (κ3) is 2.65. The van der Waals surface area contributed by atoms with Crippen LogP contribution in [0.1, 0.15) is 12.5 Å². The van der Waals surface area contributed by atoms with Crippen LogP contribution in [-0.4, -0.2) is 12.6 Å². The molecular formula is C10H14N2O2. The second-order valence-electron chi connectivity index (χ2n) is 2.94. The summed E-state index contributed by atoms with van der Waals surface area (Å²) in [6.45, 7) is 2.15. The molecule has 0 unspecified atom stereocenters. The van der Waals surface area contributed by atoms with Gasteiger partial charge in [0.2, 0.25) is 0 Å². The van der Waals surface area contributed by atoms with Gasteiger partial charge in [-0.2, -0.15) is 0 Å². The minimum atomic E-state index is -0.274. The van der Waals surface area contributed by atoms with Gasteiger partial charge in [-0.3, -0.25) is 4.79 Å². The van der Waals surface area contributed by atoms with E-state index in [1.165, 1.54) is 0 Å². The van der Waals surface area contributed by atoms with E-state index in [0.29, 0.717) is 18.0 Å². The van der Waals surface area contributed by atoms with Crippen molar-refractivity contribution >= 4 is 17.3 Å². The maximum Gasteiger partial charge on any atom is 0.310 e. The van der Waals surface area contributed by atoms with Crippen molar-refractivity contribution in [3.05, 3.63) is 23.8 Å². The zero-order valence-corrected chi connectivity index (χ0v) is 8.12. The number of anilines is 2. The highest BCUT2D eigenvalue weighted by molar-refractivity contribution is 5.75. The molecule has 1 aromatic carbocycles. The number of nitrogens with two attached hydrogens (primary N) is 2. The lowest BCUT2D eigenvalue weighted by Gasteiger charge is -2.05. The van der Waals surface area contributed by atoms with E-state index in [2.05, 4.69) is 0 Å². The van der Waals surface area contributed by atoms with Crippen molar-refractivity contribution in [1.82, 2.24) is 0 Å². The summed E-state index contributed by atoms with van der Waals surface area (Å²) in [5.74, 6) is -0.274. The van der Waals surface area contributed by atoms with Crippen LogP contribution >= 0.6 is 0 Å². The number of hydrogen-bond acceptors (Lipinski definition) is 4. The second-order valence-corrected chi connectivity index (χ2v) is 2.94. The van der Waals surface area contributed by atoms with Gasteiger partial charge in [0, 0.05) is 11.4 Å². The summed E-state index contributed by atoms with van der Waals surface area (Å²) in [6, 6.07) is 5.08. The van der Waals surface area contributed by atoms with Gasteiger partial charge in [-0.1, -0.05) is 6.07 Å². The Labute approximate surface area is 82.8 Å². The number of nitrogen functional groups attached to an aromatic ring is 2. The second kappa shape index (κ2) is 4.50. The van der Waals surface area contributed by atoms with Gasteiger partial charge >= 0.3 is 5.97 Å². The quantitative estimate of drug-likeness (QED) is 0.554. The maximum absolute atomic E-state index is 11.1. The minimum Gasteiger partial charge on any atom is -0.466 e. The van der Waals surface area contributed by atoms with Gasteiger partial charge in [0.05, 0.1) is 13.0 Å². The van der Waals surface area contributed by atoms with Crippen molar-refractivity contribution in [2.75, 3.05) is 18.1 Å². The zero-order valence-electron chi connectivity index (χ0n) is 8.12. The van der Waals surface area contributed by atoms with Gasteiger partial charge < -0.3 is 16.2 Å². The van der Waals surface area contributed by atoms with Crippen molar-refractivity contribution in [2.24, 2.45) is 0 Å². The number of hydrogen-bond donors (Lipinski definition) is 2. The average Bonchev–Trinajstić information content (AvgIpc) is 2.10. The molecule has 0 spiro atoms. The SMILES string of the molecule is CCOC(=O)Cc1ccc(N)cc1N. The van der Waals surface area contributed by atoms with Gasteiger partial charge in [-0.25, -0.2) is 0 Å². The van der Waals surface area contributed by atoms with Crippen molar-refractivity contribution in [3.63, 3.8) is 0 Å². The lowest BCUT2D eigenvalue weighted by atomic mass is 10.1. The van der Waals surface area contributed by atoms with Crippen LogP contribution in [0.15, 0.2) is 18.2 Å². The number of esters is 1. The first-order valence-corrected chi connectivity index (χ1v) is 4.43. The average molecular weight is 194 g/mol. The molecule has 4 nitrogen and oxygen atoms in total. The lowest BCUT2D eigenvalue weighted by molar-refractivity contribution is -0.142. The highest BCUT2D eigenvalue weighted by Gasteiger charge is 2.06. The normalized spacial score (nSPS) is 9.79. The zero-order chi connectivity index (χ0) is 10.6. The van der Waals surface area contributed by atoms with E-state index in [0.717, 1.165) is 5.56 Å². The summed E-state index contributed by atoms with van der Waals surface area (Å²) >= 11 is 0. The molecule has 0 saturated carbocycles. The largest absolute Gasteiger partial charge is 0.466 e. The van der Waals surface area contributed by atoms with Crippen molar-refractivity contribution in [3.8, 4) is 0 Å². The van der Waals surface area contributed by atoms with Crippen LogP contribution in [-0.2, 0) is 16.0 Å². The Morgan fingerprint density at radius 3 is 2.71 bits per heavy atom. The van der Waals surface area contributed by atoms with Crippen molar-refractivity contribution in [1.29, 1.82) is 0 Å². The summed E-state index contributed by atoms with van der Waals surface area (Å²) in [7, 11) is 0. The third-order valence-electron chi connectivity index (χ3n) is 1.81. The molecule has 1 rings (SSSR count). The van der Waals surface area contributed by atoms with Crippen molar-refractivity contribution in [2.45, 2.75) is 13.3 Å². The molecule has 0 bridgehead atoms. The van der Waals surface area contributed by atoms with Crippen LogP contribution in [0.3, 0.4) is 0 Å². The number of carbonyl (C=O) groups excluding carboxylic acids is 1. The van der Waals surface area contributed by atoms with Gasteiger partial charge in [-0.05, 0) is 24.6 Å². The fraction of sp³-hybridized carbons (Fsp3) is 0.300. The third-order valence-corrected chi connectivity index (χ3v) is 1.81. The lowest BCUT2D eigenvalue weighted by Crippen LogP contribution is -2.09. The molecule has 0 heterocycles. The highest BCUT2D eigenvalue weighted by atomic mass is 16.5. The summed E-state index contributed by atoms with van der Waals surface area (Å²) in [6.07, 6.45) is 0.194. The van der Waals surface area contributed by atoms with Crippen LogP contribution in [0.2, 0.25) is 0 Å². The molecule has 76 valence electrons. The molecular weight excluding hydrogens is 180 g/mol. The first-order chi connectivity index (χ1) is 6.63. The fourth-order valence-electron chi connectivity index (χ4n) is 1.14. The van der Waals surface area contributed by atoms with E-state index in [9.17, 15) is 4.79 Å². The highest BCUT2D eigenvalue weighted by Crippen LogP contribution is 2.16. The standard InChI is InChI=1S/C10H14N2O2/c1-2-14-10(13)5-7-3-4-8(11)6-9(7)12/h3-4,6H,2,5,11-12H2,1H3. The molecule has 4 N–H and O–H groups in total. The van der Waals surface area contributed by atoms with Gasteiger partial charge in [-0.15, -0.1) is 0 Å². The topological polar surface area (TPSA) is 78.3 Å². The van der Waals surface area contributed by atoms with E-state index in [1.807, 2.05) is 0 Å². The molecule has 14 heavy (non-hydrogen) atoms. The van der Waals surface area contributed by atoms with E-state index in [-0.39, 0.29) is 12.4 Å². The van der Waals surface area contributed by atoms with Crippen LogP contribution in [0.5, 0.6) is 0 Å². The Morgan fingerprint density at radius 2 is 2.14 bits per heavy atom. The van der Waals surface area contributed by atoms with E-state index < -0.39 is 0 Å². The summed E-state index contributed by atoms with van der Waals surface area (Å²) in [5, 5.41) is 0. The Morgan fingerprint density at radius 1 is 1.43 bits per heavy atom. The van der Waals surface area contributed by atoms with Crippen LogP contribution in [0.25, 0.3) is 0 Å². The van der Waals surface area contributed by atoms with Crippen LogP contribution in [0.4, 0.5) is 11.4 Å². The Balaban J connectivity index is 2.72. The Hall–Kier alpha value is -1.71. The van der Waals surface area contributed by atoms with E-state index in [4.69, 9.17) is 16.2 Å². The molecule has 1 aromatic rings. The molecule has 0 aromatic heterocycles. The first kappa shape index (κ1) is 10.4. The predicted molar refractivity (Wildman–Crippen MR) is 55.6 cm³/mol. The number of carbonyl (C=O) groups is 1. The molecule has 0 radical (unpaired) electrons. The van der Waals surface area contributed by atoms with Crippen molar-refractivity contribution < 1.29 is 9.53 Å². The van der Waals surface area contributed by atoms with Gasteiger partial charge in [0.15, 0.2) is 0 Å². The van der Waals surface area contributed by atoms with Gasteiger partial charge in [0.1, 0.15) is 0 Å². The molecule has 0 fully saturated rings. The molecule has 0 aliphatic rings. The molecule has 0 aliphatic heterocycles. The summed E-state index contributed by atoms with van der Waals surface area (Å²) in [5.41, 5.74) is 13.1. The van der Waals surface area contributed by atoms with E-state index in [1.54, 1.807) is 25.1 Å². The molecule has 0 aliphatic carbocycles. The summed E-state index contributed by atoms with van der Waals surface area (Å²) in [4.78, 5) is 11.1. The number of ether oxygens (including phenoxy) is 1. The number of rotatable bonds is 3. The predicted octanol–water partition coefficient (Wildman–Crippen LogP) is 0.957. The summed E-state index contributed by atoms with van der Waals surface area (Å²) < 4.78 is 4.81. The maximum atomic E-state index is 11.1. The van der Waals surface area contributed by atoms with Crippen LogP contribution in [0, 0.1) is 0 Å². The van der Waals surface area contributed by atoms with E-state index >= 15 is 0 Å². The molecule has 4 heteroatoms. The first-order valence-electron chi connectivity index (χ1n) is 4.43. The Kier molecular flexibility index (Phi) is 3.34. The molecule has 0 amide bonds. The van der Waals surface area contributed by atoms with Crippen LogP contribution < -0.4 is 11.5 Å².